The second kappa shape index (κ2) is 7.69. The molecule has 3 rings (SSSR count). The quantitative estimate of drug-likeness (QED) is 0.756. The summed E-state index contributed by atoms with van der Waals surface area (Å²) in [6.07, 6.45) is 6.53. The molecule has 0 unspecified atom stereocenters. The van der Waals surface area contributed by atoms with Crippen molar-refractivity contribution in [3.8, 4) is 11.3 Å². The highest BCUT2D eigenvalue weighted by atomic mass is 16.2. The molecule has 3 heterocycles. The van der Waals surface area contributed by atoms with E-state index in [2.05, 4.69) is 20.3 Å². The number of carbonyl (C=O) groups is 1. The summed E-state index contributed by atoms with van der Waals surface area (Å²) in [6, 6.07) is 7.48. The van der Waals surface area contributed by atoms with E-state index in [0.29, 0.717) is 17.8 Å². The van der Waals surface area contributed by atoms with Gasteiger partial charge in [0.15, 0.2) is 0 Å². The van der Waals surface area contributed by atoms with E-state index >= 15 is 0 Å². The van der Waals surface area contributed by atoms with Crippen molar-refractivity contribution < 1.29 is 4.79 Å². The van der Waals surface area contributed by atoms with Crippen molar-refractivity contribution in [1.82, 2.24) is 24.8 Å². The third-order valence-corrected chi connectivity index (χ3v) is 4.13. The molecule has 0 bridgehead atoms. The fourth-order valence-electron chi connectivity index (χ4n) is 2.54. The Balaban J connectivity index is 1.71. The standard InChI is InChI=1S/C19H19N5O2/c1-13-14(2)23-12-24(19(13)26)11-17(25)22-10-16-6-4-8-21-18(16)15-5-3-7-20-9-15/h3-9,12H,10-11H2,1-2H3,(H,22,25). The molecular formula is C19H19N5O2. The second-order valence-electron chi connectivity index (χ2n) is 5.92. The van der Waals surface area contributed by atoms with Gasteiger partial charge in [-0.05, 0) is 37.6 Å². The fourth-order valence-corrected chi connectivity index (χ4v) is 2.54. The Labute approximate surface area is 150 Å². The third kappa shape index (κ3) is 3.83. The maximum Gasteiger partial charge on any atom is 0.256 e. The number of hydrogen-bond donors (Lipinski definition) is 1. The molecule has 0 aliphatic rings. The first kappa shape index (κ1) is 17.5. The molecule has 7 nitrogen and oxygen atoms in total. The van der Waals surface area contributed by atoms with Crippen LogP contribution in [0.5, 0.6) is 0 Å². The van der Waals surface area contributed by atoms with Gasteiger partial charge in [0.2, 0.25) is 5.91 Å². The zero-order valence-corrected chi connectivity index (χ0v) is 14.6. The van der Waals surface area contributed by atoms with Crippen LogP contribution in [-0.2, 0) is 17.9 Å². The monoisotopic (exact) mass is 349 g/mol. The summed E-state index contributed by atoms with van der Waals surface area (Å²) in [5, 5.41) is 2.83. The number of rotatable bonds is 5. The minimum atomic E-state index is -0.266. The molecule has 0 fully saturated rings. The van der Waals surface area contributed by atoms with Crippen LogP contribution >= 0.6 is 0 Å². The van der Waals surface area contributed by atoms with Gasteiger partial charge in [0.05, 0.1) is 12.0 Å². The fraction of sp³-hybridized carbons (Fsp3) is 0.211. The van der Waals surface area contributed by atoms with E-state index < -0.39 is 0 Å². The molecule has 3 aromatic heterocycles. The summed E-state index contributed by atoms with van der Waals surface area (Å²) in [7, 11) is 0. The largest absolute Gasteiger partial charge is 0.350 e. The Hall–Kier alpha value is -3.35. The number of nitrogens with one attached hydrogen (secondary N) is 1. The van der Waals surface area contributed by atoms with Crippen molar-refractivity contribution in [1.29, 1.82) is 0 Å². The highest BCUT2D eigenvalue weighted by Gasteiger charge is 2.10. The average Bonchev–Trinajstić information content (AvgIpc) is 2.68. The summed E-state index contributed by atoms with van der Waals surface area (Å²) < 4.78 is 1.31. The van der Waals surface area contributed by atoms with Gasteiger partial charge in [-0.25, -0.2) is 4.98 Å². The first-order chi connectivity index (χ1) is 12.6. The molecule has 1 amide bonds. The molecule has 1 N–H and O–H groups in total. The van der Waals surface area contributed by atoms with Gasteiger partial charge in [-0.2, -0.15) is 0 Å². The van der Waals surface area contributed by atoms with Crippen LogP contribution in [0.15, 0.2) is 54.0 Å². The van der Waals surface area contributed by atoms with Gasteiger partial charge in [-0.15, -0.1) is 0 Å². The maximum atomic E-state index is 12.3. The smallest absolute Gasteiger partial charge is 0.256 e. The van der Waals surface area contributed by atoms with Crippen LogP contribution in [0, 0.1) is 13.8 Å². The van der Waals surface area contributed by atoms with Crippen LogP contribution in [0.2, 0.25) is 0 Å². The van der Waals surface area contributed by atoms with Crippen LogP contribution in [-0.4, -0.2) is 25.4 Å². The number of pyridine rings is 2. The van der Waals surface area contributed by atoms with Gasteiger partial charge >= 0.3 is 0 Å². The van der Waals surface area contributed by atoms with Crippen LogP contribution in [0.3, 0.4) is 0 Å². The third-order valence-electron chi connectivity index (χ3n) is 4.13. The number of hydrogen-bond acceptors (Lipinski definition) is 5. The average molecular weight is 349 g/mol. The summed E-state index contributed by atoms with van der Waals surface area (Å²) in [5.41, 5.74) is 3.54. The minimum absolute atomic E-state index is 0.0740. The molecule has 0 aromatic carbocycles. The van der Waals surface area contributed by atoms with Crippen LogP contribution < -0.4 is 10.9 Å². The van der Waals surface area contributed by atoms with Crippen LogP contribution in [0.25, 0.3) is 11.3 Å². The molecule has 3 aromatic rings. The van der Waals surface area contributed by atoms with Crippen molar-refractivity contribution in [2.45, 2.75) is 26.9 Å². The van der Waals surface area contributed by atoms with E-state index in [9.17, 15) is 9.59 Å². The zero-order chi connectivity index (χ0) is 18.5. The predicted molar refractivity (Wildman–Crippen MR) is 97.3 cm³/mol. The van der Waals surface area contributed by atoms with Crippen molar-refractivity contribution in [3.63, 3.8) is 0 Å². The summed E-state index contributed by atoms with van der Waals surface area (Å²) in [6.45, 7) is 3.71. The first-order valence-corrected chi connectivity index (χ1v) is 8.20. The molecule has 0 saturated heterocycles. The van der Waals surface area contributed by atoms with Gasteiger partial charge in [0, 0.05) is 42.0 Å². The molecule has 7 heteroatoms. The SMILES string of the molecule is Cc1ncn(CC(=O)NCc2cccnc2-c2cccnc2)c(=O)c1C. The molecule has 0 aliphatic carbocycles. The van der Waals surface area contributed by atoms with Gasteiger partial charge in [0.1, 0.15) is 6.54 Å². The lowest BCUT2D eigenvalue weighted by Gasteiger charge is -2.11. The van der Waals surface area contributed by atoms with E-state index in [0.717, 1.165) is 16.8 Å². The second-order valence-corrected chi connectivity index (χ2v) is 5.92. The molecule has 0 atom stereocenters. The highest BCUT2D eigenvalue weighted by Crippen LogP contribution is 2.19. The van der Waals surface area contributed by atoms with Gasteiger partial charge < -0.3 is 5.32 Å². The van der Waals surface area contributed by atoms with Crippen molar-refractivity contribution >= 4 is 5.91 Å². The Kier molecular flexibility index (Phi) is 5.17. The van der Waals surface area contributed by atoms with Crippen molar-refractivity contribution in [2.75, 3.05) is 0 Å². The zero-order valence-electron chi connectivity index (χ0n) is 14.6. The van der Waals surface area contributed by atoms with Crippen molar-refractivity contribution in [2.24, 2.45) is 0 Å². The lowest BCUT2D eigenvalue weighted by Crippen LogP contribution is -2.33. The molecule has 0 aliphatic heterocycles. The number of amides is 1. The molecule has 0 saturated carbocycles. The minimum Gasteiger partial charge on any atom is -0.350 e. The van der Waals surface area contributed by atoms with E-state index in [1.165, 1.54) is 10.9 Å². The Morgan fingerprint density at radius 3 is 2.73 bits per heavy atom. The Morgan fingerprint density at radius 2 is 1.96 bits per heavy atom. The lowest BCUT2D eigenvalue weighted by molar-refractivity contribution is -0.121. The van der Waals surface area contributed by atoms with E-state index in [4.69, 9.17) is 0 Å². The van der Waals surface area contributed by atoms with Crippen LogP contribution in [0.1, 0.15) is 16.8 Å². The number of aromatic nitrogens is 4. The van der Waals surface area contributed by atoms with Crippen LogP contribution in [0.4, 0.5) is 0 Å². The maximum absolute atomic E-state index is 12.3. The first-order valence-electron chi connectivity index (χ1n) is 8.20. The lowest BCUT2D eigenvalue weighted by atomic mass is 10.1. The van der Waals surface area contributed by atoms with E-state index in [-0.39, 0.29) is 18.0 Å². The highest BCUT2D eigenvalue weighted by molar-refractivity contribution is 5.76. The molecule has 0 spiro atoms. The number of aryl methyl sites for hydroxylation is 1. The number of nitrogens with zero attached hydrogens (tertiary/aromatic N) is 4. The predicted octanol–water partition coefficient (Wildman–Crippen LogP) is 1.63. The topological polar surface area (TPSA) is 89.8 Å². The van der Waals surface area contributed by atoms with E-state index in [1.807, 2.05) is 24.3 Å². The van der Waals surface area contributed by atoms with E-state index in [1.54, 1.807) is 32.4 Å². The molecule has 0 radical (unpaired) electrons. The van der Waals surface area contributed by atoms with Gasteiger partial charge in [-0.1, -0.05) is 6.07 Å². The molecule has 132 valence electrons. The van der Waals surface area contributed by atoms with Gasteiger partial charge in [-0.3, -0.25) is 24.1 Å². The molecular weight excluding hydrogens is 330 g/mol. The van der Waals surface area contributed by atoms with Crippen molar-refractivity contribution in [3.05, 3.63) is 76.4 Å². The number of carbonyl (C=O) groups excluding carboxylic acids is 1. The normalized spacial score (nSPS) is 10.5. The molecule has 26 heavy (non-hydrogen) atoms. The summed E-state index contributed by atoms with van der Waals surface area (Å²) in [4.78, 5) is 37.0. The summed E-state index contributed by atoms with van der Waals surface area (Å²) in [5.74, 6) is -0.266. The van der Waals surface area contributed by atoms with Gasteiger partial charge in [0.25, 0.3) is 5.56 Å². The Bertz CT molecular complexity index is 983. The Morgan fingerprint density at radius 1 is 1.15 bits per heavy atom. The summed E-state index contributed by atoms with van der Waals surface area (Å²) >= 11 is 0.